The maximum absolute atomic E-state index is 11.1. The summed E-state index contributed by atoms with van der Waals surface area (Å²) >= 11 is 0. The highest BCUT2D eigenvalue weighted by Gasteiger charge is 2.23. The molecule has 1 saturated heterocycles. The third-order valence-corrected chi connectivity index (χ3v) is 2.61. The summed E-state index contributed by atoms with van der Waals surface area (Å²) in [5.74, 6) is -0.180. The maximum atomic E-state index is 11.1. The topological polar surface area (TPSA) is 29.5 Å². The van der Waals surface area contributed by atoms with Gasteiger partial charge < -0.3 is 9.64 Å². The zero-order valence-corrected chi connectivity index (χ0v) is 7.95. The van der Waals surface area contributed by atoms with Gasteiger partial charge >= 0.3 is 5.97 Å². The lowest BCUT2D eigenvalue weighted by atomic mass is 10.1. The number of hydrogen-bond donors (Lipinski definition) is 0. The van der Waals surface area contributed by atoms with Crippen molar-refractivity contribution in [2.75, 3.05) is 13.1 Å². The van der Waals surface area contributed by atoms with Crippen LogP contribution in [0.2, 0.25) is 0 Å². The second-order valence-electron chi connectivity index (χ2n) is 3.78. The van der Waals surface area contributed by atoms with Crippen LogP contribution in [0.3, 0.4) is 0 Å². The van der Waals surface area contributed by atoms with Crippen LogP contribution in [-0.2, 0) is 9.53 Å². The molecule has 1 fully saturated rings. The fourth-order valence-electron chi connectivity index (χ4n) is 1.99. The molecule has 0 bridgehead atoms. The van der Waals surface area contributed by atoms with Crippen LogP contribution in [-0.4, -0.2) is 30.1 Å². The standard InChI is InChI=1S/C10H15NO2/c1-8-6-9(7-10(12)13-8)11-4-2-3-5-11/h7-8H,2-6H2,1H3. The Morgan fingerprint density at radius 2 is 2.15 bits per heavy atom. The largest absolute Gasteiger partial charge is 0.459 e. The van der Waals surface area contributed by atoms with Gasteiger partial charge in [-0.2, -0.15) is 0 Å². The van der Waals surface area contributed by atoms with E-state index < -0.39 is 0 Å². The summed E-state index contributed by atoms with van der Waals surface area (Å²) in [4.78, 5) is 13.4. The molecule has 0 aromatic rings. The summed E-state index contributed by atoms with van der Waals surface area (Å²) in [6.45, 7) is 4.15. The predicted octanol–water partition coefficient (Wildman–Crippen LogP) is 1.30. The number of esters is 1. The first kappa shape index (κ1) is 8.60. The molecule has 2 aliphatic heterocycles. The summed E-state index contributed by atoms with van der Waals surface area (Å²) in [5, 5.41) is 0. The highest BCUT2D eigenvalue weighted by Crippen LogP contribution is 2.22. The summed E-state index contributed by atoms with van der Waals surface area (Å²) in [7, 11) is 0. The monoisotopic (exact) mass is 181 g/mol. The Bertz CT molecular complexity index is 241. The SMILES string of the molecule is CC1CC(N2CCCC2)=CC(=O)O1. The van der Waals surface area contributed by atoms with Crippen molar-refractivity contribution < 1.29 is 9.53 Å². The number of rotatable bonds is 1. The average molecular weight is 181 g/mol. The van der Waals surface area contributed by atoms with Crippen LogP contribution in [0.5, 0.6) is 0 Å². The molecule has 0 aromatic carbocycles. The van der Waals surface area contributed by atoms with Crippen molar-refractivity contribution in [1.82, 2.24) is 4.90 Å². The third kappa shape index (κ3) is 1.85. The first-order valence-electron chi connectivity index (χ1n) is 4.92. The number of carbonyl (C=O) groups excluding carboxylic acids is 1. The second-order valence-corrected chi connectivity index (χ2v) is 3.78. The second kappa shape index (κ2) is 3.40. The van der Waals surface area contributed by atoms with Gasteiger partial charge in [0.1, 0.15) is 6.10 Å². The minimum absolute atomic E-state index is 0.0492. The molecule has 2 heterocycles. The summed E-state index contributed by atoms with van der Waals surface area (Å²) in [5.41, 5.74) is 1.17. The Hall–Kier alpha value is -0.990. The lowest BCUT2D eigenvalue weighted by Crippen LogP contribution is -2.28. The zero-order chi connectivity index (χ0) is 9.26. The van der Waals surface area contributed by atoms with E-state index in [0.29, 0.717) is 0 Å². The van der Waals surface area contributed by atoms with E-state index >= 15 is 0 Å². The van der Waals surface area contributed by atoms with Gasteiger partial charge in [-0.15, -0.1) is 0 Å². The van der Waals surface area contributed by atoms with Crippen LogP contribution in [0.4, 0.5) is 0 Å². The minimum Gasteiger partial charge on any atom is -0.459 e. The lowest BCUT2D eigenvalue weighted by molar-refractivity contribution is -0.143. The first-order chi connectivity index (χ1) is 6.25. The van der Waals surface area contributed by atoms with Crippen LogP contribution in [0.15, 0.2) is 11.8 Å². The number of likely N-dealkylation sites (tertiary alicyclic amines) is 1. The quantitative estimate of drug-likeness (QED) is 0.571. The molecule has 2 rings (SSSR count). The third-order valence-electron chi connectivity index (χ3n) is 2.61. The number of nitrogens with zero attached hydrogens (tertiary/aromatic N) is 1. The van der Waals surface area contributed by atoms with Gasteiger partial charge in [0.2, 0.25) is 0 Å². The summed E-state index contributed by atoms with van der Waals surface area (Å²) in [6, 6.07) is 0. The first-order valence-corrected chi connectivity index (χ1v) is 4.92. The average Bonchev–Trinajstić information content (AvgIpc) is 2.53. The predicted molar refractivity (Wildman–Crippen MR) is 49.1 cm³/mol. The van der Waals surface area contributed by atoms with Gasteiger partial charge in [0.15, 0.2) is 0 Å². The van der Waals surface area contributed by atoms with E-state index in [1.165, 1.54) is 18.5 Å². The number of hydrogen-bond acceptors (Lipinski definition) is 3. The number of ether oxygens (including phenoxy) is 1. The van der Waals surface area contributed by atoms with Crippen LogP contribution in [0.25, 0.3) is 0 Å². The van der Waals surface area contributed by atoms with Crippen molar-refractivity contribution in [2.24, 2.45) is 0 Å². The molecule has 0 saturated carbocycles. The van der Waals surface area contributed by atoms with Gasteiger partial charge in [-0.3, -0.25) is 0 Å². The van der Waals surface area contributed by atoms with E-state index in [-0.39, 0.29) is 12.1 Å². The van der Waals surface area contributed by atoms with Crippen LogP contribution < -0.4 is 0 Å². The maximum Gasteiger partial charge on any atom is 0.332 e. The molecule has 2 aliphatic rings. The van der Waals surface area contributed by atoms with Gasteiger partial charge in [-0.1, -0.05) is 0 Å². The smallest absolute Gasteiger partial charge is 0.332 e. The Balaban J connectivity index is 2.08. The van der Waals surface area contributed by atoms with Gasteiger partial charge in [0.05, 0.1) is 0 Å². The Morgan fingerprint density at radius 3 is 2.77 bits per heavy atom. The molecule has 72 valence electrons. The van der Waals surface area contributed by atoms with Crippen molar-refractivity contribution >= 4 is 5.97 Å². The molecule has 0 aromatic heterocycles. The molecular formula is C10H15NO2. The van der Waals surface area contributed by atoms with E-state index in [1.807, 2.05) is 6.92 Å². The Labute approximate surface area is 78.4 Å². The Kier molecular flexibility index (Phi) is 2.25. The fourth-order valence-corrected chi connectivity index (χ4v) is 1.99. The molecule has 3 heteroatoms. The molecule has 0 aliphatic carbocycles. The Morgan fingerprint density at radius 1 is 1.46 bits per heavy atom. The van der Waals surface area contributed by atoms with E-state index in [4.69, 9.17) is 4.74 Å². The van der Waals surface area contributed by atoms with Crippen molar-refractivity contribution in [3.63, 3.8) is 0 Å². The van der Waals surface area contributed by atoms with E-state index in [0.717, 1.165) is 19.5 Å². The van der Waals surface area contributed by atoms with Crippen molar-refractivity contribution in [1.29, 1.82) is 0 Å². The van der Waals surface area contributed by atoms with E-state index in [2.05, 4.69) is 4.90 Å². The van der Waals surface area contributed by atoms with Gasteiger partial charge in [-0.05, 0) is 19.8 Å². The molecule has 0 N–H and O–H groups in total. The van der Waals surface area contributed by atoms with Gasteiger partial charge in [0.25, 0.3) is 0 Å². The molecule has 3 nitrogen and oxygen atoms in total. The number of cyclic esters (lactones) is 1. The van der Waals surface area contributed by atoms with Gasteiger partial charge in [0, 0.05) is 31.3 Å². The van der Waals surface area contributed by atoms with Crippen molar-refractivity contribution in [3.05, 3.63) is 11.8 Å². The molecule has 0 radical (unpaired) electrons. The van der Waals surface area contributed by atoms with E-state index in [1.54, 1.807) is 6.08 Å². The van der Waals surface area contributed by atoms with E-state index in [9.17, 15) is 4.79 Å². The van der Waals surface area contributed by atoms with Crippen LogP contribution >= 0.6 is 0 Å². The molecule has 0 amide bonds. The van der Waals surface area contributed by atoms with Crippen molar-refractivity contribution in [2.45, 2.75) is 32.3 Å². The fraction of sp³-hybridized carbons (Fsp3) is 0.700. The van der Waals surface area contributed by atoms with Crippen LogP contribution in [0, 0.1) is 0 Å². The number of carbonyl (C=O) groups is 1. The zero-order valence-electron chi connectivity index (χ0n) is 7.95. The highest BCUT2D eigenvalue weighted by atomic mass is 16.5. The lowest BCUT2D eigenvalue weighted by Gasteiger charge is -2.27. The summed E-state index contributed by atoms with van der Waals surface area (Å²) in [6.07, 6.45) is 5.08. The van der Waals surface area contributed by atoms with Crippen molar-refractivity contribution in [3.8, 4) is 0 Å². The molecule has 1 unspecified atom stereocenters. The normalized spacial score (nSPS) is 28.7. The minimum atomic E-state index is -0.180. The molecule has 13 heavy (non-hydrogen) atoms. The highest BCUT2D eigenvalue weighted by molar-refractivity contribution is 5.83. The molecular weight excluding hydrogens is 166 g/mol. The molecule has 0 spiro atoms. The molecule has 1 atom stereocenters. The van der Waals surface area contributed by atoms with Crippen LogP contribution in [0.1, 0.15) is 26.2 Å². The summed E-state index contributed by atoms with van der Waals surface area (Å²) < 4.78 is 5.03. The van der Waals surface area contributed by atoms with Gasteiger partial charge in [-0.25, -0.2) is 4.79 Å².